The van der Waals surface area contributed by atoms with Gasteiger partial charge in [0.2, 0.25) is 11.8 Å². The Morgan fingerprint density at radius 2 is 1.90 bits per heavy atom. The molecule has 2 N–H and O–H groups in total. The van der Waals surface area contributed by atoms with E-state index in [9.17, 15) is 4.79 Å². The molecule has 0 fully saturated rings. The summed E-state index contributed by atoms with van der Waals surface area (Å²) in [5, 5.41) is 5.93. The van der Waals surface area contributed by atoms with E-state index in [2.05, 4.69) is 20.6 Å². The summed E-state index contributed by atoms with van der Waals surface area (Å²) in [5.41, 5.74) is 1.79. The van der Waals surface area contributed by atoms with Crippen molar-refractivity contribution < 1.29 is 14.3 Å². The minimum Gasteiger partial charge on any atom is -0.497 e. The highest BCUT2D eigenvalue weighted by atomic mass is 35.5. The number of carbonyl (C=O) groups excluding carboxylic acids is 1. The number of aromatic nitrogens is 2. The summed E-state index contributed by atoms with van der Waals surface area (Å²) in [6, 6.07) is 16.7. The van der Waals surface area contributed by atoms with E-state index in [1.54, 1.807) is 37.4 Å². The fourth-order valence-corrected chi connectivity index (χ4v) is 2.64. The van der Waals surface area contributed by atoms with Gasteiger partial charge in [-0.05, 0) is 36.2 Å². The molecule has 0 aliphatic rings. The number of hydrogen-bond acceptors (Lipinski definition) is 6. The highest BCUT2D eigenvalue weighted by Gasteiger charge is 2.05. The number of nitrogens with one attached hydrogen (secondary N) is 2. The van der Waals surface area contributed by atoms with Gasteiger partial charge in [0.15, 0.2) is 0 Å². The Morgan fingerprint density at radius 1 is 1.07 bits per heavy atom. The second kappa shape index (κ2) is 10.3. The predicted molar refractivity (Wildman–Crippen MR) is 113 cm³/mol. The van der Waals surface area contributed by atoms with E-state index in [-0.39, 0.29) is 11.8 Å². The third-order valence-electron chi connectivity index (χ3n) is 3.98. The van der Waals surface area contributed by atoms with E-state index in [1.807, 2.05) is 24.3 Å². The standard InChI is InChI=1S/C21H21ClN4O3/c1-28-17-7-5-15(6-8-17)9-10-23-19-12-21(25-14-24-19)29-18-4-2-3-16(11-18)26-20(27)13-22/h2-8,11-12,14H,9-10,13H2,1H3,(H,26,27)(H,23,24,25). The van der Waals surface area contributed by atoms with Crippen LogP contribution >= 0.6 is 11.6 Å². The highest BCUT2D eigenvalue weighted by molar-refractivity contribution is 6.29. The minimum absolute atomic E-state index is 0.109. The molecule has 8 heteroatoms. The molecule has 0 atom stereocenters. The van der Waals surface area contributed by atoms with Crippen molar-refractivity contribution in [3.63, 3.8) is 0 Å². The topological polar surface area (TPSA) is 85.4 Å². The van der Waals surface area contributed by atoms with Gasteiger partial charge in [-0.1, -0.05) is 18.2 Å². The summed E-state index contributed by atoms with van der Waals surface area (Å²) >= 11 is 5.51. The Balaban J connectivity index is 1.56. The van der Waals surface area contributed by atoms with Crippen molar-refractivity contribution >= 4 is 29.0 Å². The van der Waals surface area contributed by atoms with Gasteiger partial charge in [0, 0.05) is 24.4 Å². The molecule has 3 rings (SSSR count). The number of alkyl halides is 1. The summed E-state index contributed by atoms with van der Waals surface area (Å²) in [5.74, 6) is 2.05. The number of ether oxygens (including phenoxy) is 2. The average Bonchev–Trinajstić information content (AvgIpc) is 2.75. The second-order valence-corrected chi connectivity index (χ2v) is 6.35. The lowest BCUT2D eigenvalue weighted by molar-refractivity contribution is -0.113. The molecule has 0 aliphatic carbocycles. The maximum Gasteiger partial charge on any atom is 0.239 e. The van der Waals surface area contributed by atoms with Crippen LogP contribution in [0, 0.1) is 0 Å². The lowest BCUT2D eigenvalue weighted by Crippen LogP contribution is -2.12. The number of benzene rings is 2. The zero-order valence-corrected chi connectivity index (χ0v) is 16.6. The average molecular weight is 413 g/mol. The smallest absolute Gasteiger partial charge is 0.239 e. The third-order valence-corrected chi connectivity index (χ3v) is 4.23. The lowest BCUT2D eigenvalue weighted by atomic mass is 10.1. The maximum absolute atomic E-state index is 11.4. The van der Waals surface area contributed by atoms with Crippen LogP contribution < -0.4 is 20.1 Å². The lowest BCUT2D eigenvalue weighted by Gasteiger charge is -2.09. The zero-order chi connectivity index (χ0) is 20.5. The first kappa shape index (κ1) is 20.4. The Morgan fingerprint density at radius 3 is 2.66 bits per heavy atom. The number of nitrogens with zero attached hydrogens (tertiary/aromatic N) is 2. The number of halogens is 1. The van der Waals surface area contributed by atoms with Gasteiger partial charge in [0.1, 0.15) is 29.5 Å². The number of amides is 1. The van der Waals surface area contributed by atoms with Crippen LogP contribution in [0.3, 0.4) is 0 Å². The summed E-state index contributed by atoms with van der Waals surface area (Å²) in [6.07, 6.45) is 2.27. The van der Waals surface area contributed by atoms with Crippen molar-refractivity contribution in [2.24, 2.45) is 0 Å². The normalized spacial score (nSPS) is 10.3. The molecule has 29 heavy (non-hydrogen) atoms. The number of anilines is 2. The Labute approximate surface area is 174 Å². The molecule has 3 aromatic rings. The largest absolute Gasteiger partial charge is 0.497 e. The molecular weight excluding hydrogens is 392 g/mol. The van der Waals surface area contributed by atoms with Gasteiger partial charge in [-0.3, -0.25) is 4.79 Å². The summed E-state index contributed by atoms with van der Waals surface area (Å²) < 4.78 is 10.9. The van der Waals surface area contributed by atoms with Crippen LogP contribution in [0.4, 0.5) is 11.5 Å². The number of hydrogen-bond donors (Lipinski definition) is 2. The zero-order valence-electron chi connectivity index (χ0n) is 15.9. The molecule has 7 nitrogen and oxygen atoms in total. The van der Waals surface area contributed by atoms with Gasteiger partial charge in [-0.25, -0.2) is 9.97 Å². The first-order valence-corrected chi connectivity index (χ1v) is 9.52. The number of methoxy groups -OCH3 is 1. The predicted octanol–water partition coefficient (Wildman–Crippen LogP) is 4.11. The van der Waals surface area contributed by atoms with Crippen molar-refractivity contribution in [3.8, 4) is 17.4 Å². The first-order chi connectivity index (χ1) is 14.2. The van der Waals surface area contributed by atoms with Crippen molar-refractivity contribution in [2.75, 3.05) is 30.2 Å². The van der Waals surface area contributed by atoms with Crippen molar-refractivity contribution in [1.29, 1.82) is 0 Å². The summed E-state index contributed by atoms with van der Waals surface area (Å²) in [6.45, 7) is 0.711. The molecule has 150 valence electrons. The molecule has 0 spiro atoms. The maximum atomic E-state index is 11.4. The number of carbonyl (C=O) groups is 1. The summed E-state index contributed by atoms with van der Waals surface area (Å²) in [7, 11) is 1.65. The Hall–Kier alpha value is -3.32. The van der Waals surface area contributed by atoms with Gasteiger partial charge in [0.05, 0.1) is 7.11 Å². The van der Waals surface area contributed by atoms with E-state index in [4.69, 9.17) is 21.1 Å². The molecule has 1 heterocycles. The monoisotopic (exact) mass is 412 g/mol. The summed E-state index contributed by atoms with van der Waals surface area (Å²) in [4.78, 5) is 19.8. The van der Waals surface area contributed by atoms with Crippen LogP contribution in [0.15, 0.2) is 60.9 Å². The van der Waals surface area contributed by atoms with Crippen LogP contribution in [0.1, 0.15) is 5.56 Å². The minimum atomic E-state index is -0.283. The molecule has 0 aliphatic heterocycles. The fourth-order valence-electron chi connectivity index (χ4n) is 2.57. The molecule has 1 aromatic heterocycles. The van der Waals surface area contributed by atoms with Crippen LogP contribution in [0.25, 0.3) is 0 Å². The Kier molecular flexibility index (Phi) is 7.24. The first-order valence-electron chi connectivity index (χ1n) is 8.99. The van der Waals surface area contributed by atoms with Crippen molar-refractivity contribution in [3.05, 3.63) is 66.5 Å². The Bertz CT molecular complexity index is 951. The van der Waals surface area contributed by atoms with Crippen LogP contribution in [-0.4, -0.2) is 35.4 Å². The van der Waals surface area contributed by atoms with E-state index in [0.717, 1.165) is 12.2 Å². The van der Waals surface area contributed by atoms with Gasteiger partial charge in [-0.2, -0.15) is 0 Å². The molecule has 0 saturated heterocycles. The molecule has 1 amide bonds. The van der Waals surface area contributed by atoms with E-state index < -0.39 is 0 Å². The number of rotatable bonds is 9. The van der Waals surface area contributed by atoms with Crippen LogP contribution in [-0.2, 0) is 11.2 Å². The van der Waals surface area contributed by atoms with Gasteiger partial charge < -0.3 is 20.1 Å². The molecule has 0 saturated carbocycles. The van der Waals surface area contributed by atoms with Crippen LogP contribution in [0.5, 0.6) is 17.4 Å². The van der Waals surface area contributed by atoms with Crippen LogP contribution in [0.2, 0.25) is 0 Å². The van der Waals surface area contributed by atoms with E-state index in [0.29, 0.717) is 29.7 Å². The molecule has 0 bridgehead atoms. The van der Waals surface area contributed by atoms with E-state index >= 15 is 0 Å². The molecule has 2 aromatic carbocycles. The van der Waals surface area contributed by atoms with Gasteiger partial charge >= 0.3 is 0 Å². The van der Waals surface area contributed by atoms with E-state index in [1.165, 1.54) is 11.9 Å². The SMILES string of the molecule is COc1ccc(CCNc2cc(Oc3cccc(NC(=O)CCl)c3)ncn2)cc1. The second-order valence-electron chi connectivity index (χ2n) is 6.08. The fraction of sp³-hybridized carbons (Fsp3) is 0.190. The van der Waals surface area contributed by atoms with Crippen molar-refractivity contribution in [2.45, 2.75) is 6.42 Å². The molecule has 0 unspecified atom stereocenters. The quantitative estimate of drug-likeness (QED) is 0.514. The van der Waals surface area contributed by atoms with Crippen molar-refractivity contribution in [1.82, 2.24) is 9.97 Å². The third kappa shape index (κ3) is 6.36. The molecule has 0 radical (unpaired) electrons. The molecular formula is C21H21ClN4O3. The highest BCUT2D eigenvalue weighted by Crippen LogP contribution is 2.23. The van der Waals surface area contributed by atoms with Gasteiger partial charge in [0.25, 0.3) is 0 Å². The van der Waals surface area contributed by atoms with Gasteiger partial charge in [-0.15, -0.1) is 11.6 Å².